The van der Waals surface area contributed by atoms with Gasteiger partial charge in [0.2, 0.25) is 0 Å². The van der Waals surface area contributed by atoms with E-state index in [4.69, 9.17) is 20.8 Å². The lowest BCUT2D eigenvalue weighted by Gasteiger charge is -2.42. The predicted octanol–water partition coefficient (Wildman–Crippen LogP) is 5.25. The number of amides is 1. The van der Waals surface area contributed by atoms with Gasteiger partial charge in [0.1, 0.15) is 5.76 Å². The van der Waals surface area contributed by atoms with E-state index >= 15 is 0 Å². The highest BCUT2D eigenvalue weighted by Gasteiger charge is 2.31. The van der Waals surface area contributed by atoms with Crippen LogP contribution in [0.25, 0.3) is 0 Å². The van der Waals surface area contributed by atoms with Crippen LogP contribution in [0.1, 0.15) is 54.8 Å². The van der Waals surface area contributed by atoms with E-state index in [0.717, 1.165) is 75.7 Å². The van der Waals surface area contributed by atoms with Crippen molar-refractivity contribution in [2.45, 2.75) is 38.5 Å². The SMILES string of the molecule is CN(C)CC1(C)CCN(c2ccc(Cl)cc2NC(=O)c2ccc(C3CCOCC3)o2)CC1. The van der Waals surface area contributed by atoms with Crippen molar-refractivity contribution in [3.63, 3.8) is 0 Å². The summed E-state index contributed by atoms with van der Waals surface area (Å²) < 4.78 is 11.3. The molecular weight excluding hydrogens is 426 g/mol. The maximum Gasteiger partial charge on any atom is 0.291 e. The average molecular weight is 460 g/mol. The van der Waals surface area contributed by atoms with Crippen LogP contribution >= 0.6 is 11.6 Å². The zero-order valence-corrected chi connectivity index (χ0v) is 20.1. The van der Waals surface area contributed by atoms with E-state index in [1.807, 2.05) is 24.3 Å². The molecule has 1 amide bonds. The molecule has 32 heavy (non-hydrogen) atoms. The minimum absolute atomic E-state index is 0.249. The summed E-state index contributed by atoms with van der Waals surface area (Å²) >= 11 is 6.28. The van der Waals surface area contributed by atoms with Gasteiger partial charge in [-0.05, 0) is 75.5 Å². The molecule has 0 spiro atoms. The zero-order chi connectivity index (χ0) is 22.7. The number of anilines is 2. The maximum absolute atomic E-state index is 13.0. The number of ether oxygens (including phenoxy) is 1. The van der Waals surface area contributed by atoms with Crippen molar-refractivity contribution in [1.29, 1.82) is 0 Å². The molecule has 1 aromatic heterocycles. The third-order valence-electron chi connectivity index (χ3n) is 6.69. The number of piperidine rings is 1. The second-order valence-corrected chi connectivity index (χ2v) is 10.2. The van der Waals surface area contributed by atoms with Gasteiger partial charge in [-0.15, -0.1) is 0 Å². The molecule has 2 aromatic rings. The van der Waals surface area contributed by atoms with Crippen LogP contribution in [0.3, 0.4) is 0 Å². The molecule has 0 saturated carbocycles. The molecule has 0 unspecified atom stereocenters. The fourth-order valence-electron chi connectivity index (χ4n) is 4.95. The van der Waals surface area contributed by atoms with E-state index in [2.05, 4.69) is 36.1 Å². The number of nitrogens with zero attached hydrogens (tertiary/aromatic N) is 2. The van der Waals surface area contributed by atoms with Crippen LogP contribution in [0.2, 0.25) is 5.02 Å². The lowest BCUT2D eigenvalue weighted by atomic mass is 9.80. The maximum atomic E-state index is 13.0. The number of halogens is 1. The quantitative estimate of drug-likeness (QED) is 0.639. The standard InChI is InChI=1S/C25H34ClN3O3/c1-25(17-28(2)3)10-12-29(13-11-25)21-5-4-19(26)16-20(21)27-24(30)23-7-6-22(32-23)18-8-14-31-15-9-18/h4-7,16,18H,8-15,17H2,1-3H3,(H,27,30). The van der Waals surface area contributed by atoms with Crippen molar-refractivity contribution >= 4 is 28.9 Å². The summed E-state index contributed by atoms with van der Waals surface area (Å²) in [6, 6.07) is 9.39. The number of carbonyl (C=O) groups is 1. The van der Waals surface area contributed by atoms with E-state index in [1.165, 1.54) is 0 Å². The molecule has 2 aliphatic heterocycles. The Hall–Kier alpha value is -2.02. The Morgan fingerprint density at radius 3 is 2.59 bits per heavy atom. The Morgan fingerprint density at radius 1 is 1.19 bits per heavy atom. The monoisotopic (exact) mass is 459 g/mol. The molecule has 2 fully saturated rings. The minimum atomic E-state index is -0.249. The van der Waals surface area contributed by atoms with E-state index in [9.17, 15) is 4.79 Å². The number of nitrogens with one attached hydrogen (secondary N) is 1. The first-order valence-electron chi connectivity index (χ1n) is 11.5. The van der Waals surface area contributed by atoms with E-state index in [1.54, 1.807) is 6.07 Å². The van der Waals surface area contributed by atoms with Gasteiger partial charge in [-0.1, -0.05) is 18.5 Å². The number of hydrogen-bond acceptors (Lipinski definition) is 5. The number of hydrogen-bond donors (Lipinski definition) is 1. The van der Waals surface area contributed by atoms with E-state index in [0.29, 0.717) is 22.1 Å². The molecule has 4 rings (SSSR count). The number of benzene rings is 1. The lowest BCUT2D eigenvalue weighted by Crippen LogP contribution is -2.43. The second kappa shape index (κ2) is 9.86. The Balaban J connectivity index is 1.46. The van der Waals surface area contributed by atoms with Crippen LogP contribution in [0, 0.1) is 5.41 Å². The molecule has 0 atom stereocenters. The highest BCUT2D eigenvalue weighted by molar-refractivity contribution is 6.31. The van der Waals surface area contributed by atoms with Gasteiger partial charge in [0.25, 0.3) is 5.91 Å². The largest absolute Gasteiger partial charge is 0.456 e. The smallest absolute Gasteiger partial charge is 0.291 e. The minimum Gasteiger partial charge on any atom is -0.456 e. The van der Waals surface area contributed by atoms with Crippen LogP contribution in [0.15, 0.2) is 34.7 Å². The second-order valence-electron chi connectivity index (χ2n) is 9.74. The first kappa shape index (κ1) is 23.1. The van der Waals surface area contributed by atoms with Gasteiger partial charge in [-0.25, -0.2) is 0 Å². The zero-order valence-electron chi connectivity index (χ0n) is 19.3. The lowest BCUT2D eigenvalue weighted by molar-refractivity contribution is 0.0799. The van der Waals surface area contributed by atoms with Crippen molar-refractivity contribution in [2.24, 2.45) is 5.41 Å². The van der Waals surface area contributed by atoms with Gasteiger partial charge in [-0.2, -0.15) is 0 Å². The summed E-state index contributed by atoms with van der Waals surface area (Å²) in [6.07, 6.45) is 4.06. The van der Waals surface area contributed by atoms with Crippen molar-refractivity contribution in [3.8, 4) is 0 Å². The molecule has 6 nitrogen and oxygen atoms in total. The van der Waals surface area contributed by atoms with Crippen molar-refractivity contribution < 1.29 is 13.9 Å². The molecule has 0 radical (unpaired) electrons. The number of carbonyl (C=O) groups excluding carboxylic acids is 1. The van der Waals surface area contributed by atoms with Gasteiger partial charge in [-0.3, -0.25) is 4.79 Å². The van der Waals surface area contributed by atoms with Crippen molar-refractivity contribution in [3.05, 3.63) is 46.9 Å². The van der Waals surface area contributed by atoms with Gasteiger partial charge in [0, 0.05) is 43.8 Å². The molecular formula is C25H34ClN3O3. The topological polar surface area (TPSA) is 58.0 Å². The molecule has 7 heteroatoms. The molecule has 1 aromatic carbocycles. The highest BCUT2D eigenvalue weighted by atomic mass is 35.5. The fourth-order valence-corrected chi connectivity index (χ4v) is 5.13. The molecule has 3 heterocycles. The van der Waals surface area contributed by atoms with Gasteiger partial charge < -0.3 is 24.3 Å². The summed E-state index contributed by atoms with van der Waals surface area (Å²) in [4.78, 5) is 17.6. The Morgan fingerprint density at radius 2 is 1.91 bits per heavy atom. The summed E-state index contributed by atoms with van der Waals surface area (Å²) in [5, 5.41) is 3.64. The van der Waals surface area contributed by atoms with Crippen molar-refractivity contribution in [1.82, 2.24) is 4.90 Å². The first-order valence-corrected chi connectivity index (χ1v) is 11.9. The summed E-state index contributed by atoms with van der Waals surface area (Å²) in [7, 11) is 4.26. The van der Waals surface area contributed by atoms with Crippen LogP contribution in [-0.2, 0) is 4.74 Å². The van der Waals surface area contributed by atoms with Crippen molar-refractivity contribution in [2.75, 3.05) is 57.2 Å². The molecule has 0 bridgehead atoms. The molecule has 1 N–H and O–H groups in total. The predicted molar refractivity (Wildman–Crippen MR) is 129 cm³/mol. The van der Waals surface area contributed by atoms with E-state index in [-0.39, 0.29) is 5.91 Å². The summed E-state index contributed by atoms with van der Waals surface area (Å²) in [6.45, 7) is 6.82. The van der Waals surface area contributed by atoms with Gasteiger partial charge in [0.05, 0.1) is 11.4 Å². The third-order valence-corrected chi connectivity index (χ3v) is 6.93. The Labute approximate surface area is 195 Å². The normalized spacial score (nSPS) is 19.3. The molecule has 174 valence electrons. The average Bonchev–Trinajstić information content (AvgIpc) is 3.25. The van der Waals surface area contributed by atoms with Crippen LogP contribution in [-0.4, -0.2) is 57.8 Å². The summed E-state index contributed by atoms with van der Waals surface area (Å²) in [5.41, 5.74) is 2.04. The molecule has 2 saturated heterocycles. The van der Waals surface area contributed by atoms with E-state index < -0.39 is 0 Å². The Bertz CT molecular complexity index is 928. The Kier molecular flexibility index (Phi) is 7.13. The van der Waals surface area contributed by atoms with Crippen LogP contribution in [0.5, 0.6) is 0 Å². The fraction of sp³-hybridized carbons (Fsp3) is 0.560. The third kappa shape index (κ3) is 5.48. The number of furan rings is 1. The molecule has 2 aliphatic rings. The first-order chi connectivity index (χ1) is 15.3. The molecule has 0 aliphatic carbocycles. The summed E-state index contributed by atoms with van der Waals surface area (Å²) in [5.74, 6) is 1.26. The van der Waals surface area contributed by atoms with Crippen LogP contribution < -0.4 is 10.2 Å². The highest BCUT2D eigenvalue weighted by Crippen LogP contribution is 2.37. The van der Waals surface area contributed by atoms with Gasteiger partial charge in [0.15, 0.2) is 5.76 Å². The van der Waals surface area contributed by atoms with Gasteiger partial charge >= 0.3 is 0 Å². The number of rotatable bonds is 6. The van der Waals surface area contributed by atoms with Crippen LogP contribution in [0.4, 0.5) is 11.4 Å².